The van der Waals surface area contributed by atoms with Crippen molar-refractivity contribution >= 4 is 11.9 Å². The molecule has 3 N–H and O–H groups in total. The van der Waals surface area contributed by atoms with Gasteiger partial charge in [0.2, 0.25) is 5.88 Å². The Labute approximate surface area is 170 Å². The zero-order chi connectivity index (χ0) is 21.0. The number of aryl methyl sites for hydroxylation is 2. The van der Waals surface area contributed by atoms with Crippen LogP contribution in [0.1, 0.15) is 30.5 Å². The minimum Gasteiger partial charge on any atom is -0.476 e. The second-order valence-corrected chi connectivity index (χ2v) is 7.41. The molecule has 0 aliphatic heterocycles. The molecule has 3 rings (SSSR count). The lowest BCUT2D eigenvalue weighted by Crippen LogP contribution is -2.26. The summed E-state index contributed by atoms with van der Waals surface area (Å²) < 4.78 is 7.15. The number of nitrogens with zero attached hydrogens (tertiary/aromatic N) is 3. The second kappa shape index (κ2) is 8.89. The molecule has 0 radical (unpaired) electrons. The van der Waals surface area contributed by atoms with E-state index in [1.165, 1.54) is 10.9 Å². The molecule has 0 saturated heterocycles. The van der Waals surface area contributed by atoms with Crippen LogP contribution in [0.25, 0.3) is 0 Å². The van der Waals surface area contributed by atoms with Crippen molar-refractivity contribution in [1.29, 1.82) is 5.41 Å². The maximum absolute atomic E-state index is 12.4. The summed E-state index contributed by atoms with van der Waals surface area (Å²) in [5, 5.41) is 17.7. The van der Waals surface area contributed by atoms with Gasteiger partial charge in [-0.3, -0.25) is 9.78 Å². The molecule has 2 aromatic heterocycles. The van der Waals surface area contributed by atoms with Crippen molar-refractivity contribution in [3.05, 3.63) is 57.3 Å². The third kappa shape index (κ3) is 5.01. The SMILES string of the molecule is CN/C(CNc1cc(OCC2CC2c2ccc(C)cn2)nn(C)c1=O)=C(/C)C=N. The Balaban J connectivity index is 1.63. The average molecular weight is 396 g/mol. The van der Waals surface area contributed by atoms with Crippen molar-refractivity contribution in [3.8, 4) is 5.88 Å². The molecule has 8 heteroatoms. The first-order chi connectivity index (χ1) is 13.9. The van der Waals surface area contributed by atoms with Crippen LogP contribution in [0, 0.1) is 18.3 Å². The van der Waals surface area contributed by atoms with E-state index < -0.39 is 0 Å². The first kappa shape index (κ1) is 20.6. The molecule has 8 nitrogen and oxygen atoms in total. The lowest BCUT2D eigenvalue weighted by atomic mass is 10.2. The first-order valence-corrected chi connectivity index (χ1v) is 9.68. The topological polar surface area (TPSA) is 105 Å². The molecule has 0 aromatic carbocycles. The van der Waals surface area contributed by atoms with Gasteiger partial charge in [-0.15, -0.1) is 5.10 Å². The summed E-state index contributed by atoms with van der Waals surface area (Å²) in [4.78, 5) is 16.9. The van der Waals surface area contributed by atoms with Gasteiger partial charge in [-0.2, -0.15) is 0 Å². The van der Waals surface area contributed by atoms with Crippen LogP contribution in [0.15, 0.2) is 40.5 Å². The standard InChI is InChI=1S/C21H28N6O2/c1-13-5-6-17(24-10-13)16-7-15(16)12-29-20-8-18(21(28)27(4)26-20)25-11-19(23-3)14(2)9-22/h5-6,8-10,15-16,22-23,25H,7,11-12H2,1-4H3/b19-14-,22-9?. The van der Waals surface area contributed by atoms with Crippen molar-refractivity contribution < 1.29 is 4.74 Å². The van der Waals surface area contributed by atoms with E-state index in [0.29, 0.717) is 36.6 Å². The van der Waals surface area contributed by atoms with Crippen molar-refractivity contribution in [2.45, 2.75) is 26.2 Å². The highest BCUT2D eigenvalue weighted by Gasteiger charge is 2.40. The number of pyridine rings is 1. The quantitative estimate of drug-likeness (QED) is 0.562. The van der Waals surface area contributed by atoms with Crippen LogP contribution in [0.4, 0.5) is 5.69 Å². The van der Waals surface area contributed by atoms with E-state index in [4.69, 9.17) is 10.1 Å². The number of allylic oxidation sites excluding steroid dienone is 1. The summed E-state index contributed by atoms with van der Waals surface area (Å²) in [5.41, 5.74) is 4.08. The molecule has 2 heterocycles. The number of hydrogen-bond donors (Lipinski definition) is 3. The molecule has 29 heavy (non-hydrogen) atoms. The Morgan fingerprint density at radius 3 is 2.90 bits per heavy atom. The largest absolute Gasteiger partial charge is 0.476 e. The molecule has 154 valence electrons. The van der Waals surface area contributed by atoms with E-state index in [2.05, 4.69) is 32.8 Å². The Hall–Kier alpha value is -3.16. The molecule has 1 fully saturated rings. The van der Waals surface area contributed by atoms with Crippen LogP contribution in [0.2, 0.25) is 0 Å². The van der Waals surface area contributed by atoms with Crippen molar-refractivity contribution in [2.24, 2.45) is 13.0 Å². The molecular formula is C21H28N6O2. The van der Waals surface area contributed by atoms with Gasteiger partial charge in [-0.05, 0) is 37.5 Å². The highest BCUT2D eigenvalue weighted by Crippen LogP contribution is 2.46. The molecular weight excluding hydrogens is 368 g/mol. The third-order valence-electron chi connectivity index (χ3n) is 5.17. The maximum atomic E-state index is 12.4. The van der Waals surface area contributed by atoms with Gasteiger partial charge in [-0.1, -0.05) is 6.07 Å². The average Bonchev–Trinajstić information content (AvgIpc) is 3.50. The van der Waals surface area contributed by atoms with Crippen molar-refractivity contribution in [1.82, 2.24) is 20.1 Å². The third-order valence-corrected chi connectivity index (χ3v) is 5.17. The Kier molecular flexibility index (Phi) is 6.31. The minimum atomic E-state index is -0.228. The number of ether oxygens (including phenoxy) is 1. The molecule has 1 saturated carbocycles. The van der Waals surface area contributed by atoms with Crippen LogP contribution < -0.4 is 20.9 Å². The highest BCUT2D eigenvalue weighted by atomic mass is 16.5. The van der Waals surface area contributed by atoms with Gasteiger partial charge in [0.05, 0.1) is 13.2 Å². The summed E-state index contributed by atoms with van der Waals surface area (Å²) in [7, 11) is 3.40. The number of hydrogen-bond acceptors (Lipinski definition) is 7. The van der Waals surface area contributed by atoms with E-state index in [0.717, 1.165) is 28.9 Å². The van der Waals surface area contributed by atoms with Gasteiger partial charge in [0, 0.05) is 55.8 Å². The zero-order valence-corrected chi connectivity index (χ0v) is 17.3. The maximum Gasteiger partial charge on any atom is 0.290 e. The van der Waals surface area contributed by atoms with Crippen LogP contribution in [0.5, 0.6) is 5.88 Å². The van der Waals surface area contributed by atoms with Gasteiger partial charge in [-0.25, -0.2) is 4.68 Å². The van der Waals surface area contributed by atoms with E-state index in [9.17, 15) is 4.79 Å². The molecule has 2 atom stereocenters. The molecule has 1 aliphatic carbocycles. The number of rotatable bonds is 9. The van der Waals surface area contributed by atoms with E-state index in [1.54, 1.807) is 20.2 Å². The fourth-order valence-corrected chi connectivity index (χ4v) is 3.16. The fraction of sp³-hybridized carbons (Fsp3) is 0.429. The zero-order valence-electron chi connectivity index (χ0n) is 17.3. The van der Waals surface area contributed by atoms with Gasteiger partial charge in [0.25, 0.3) is 5.56 Å². The first-order valence-electron chi connectivity index (χ1n) is 9.68. The molecule has 1 aliphatic rings. The molecule has 0 bridgehead atoms. The van der Waals surface area contributed by atoms with Crippen LogP contribution >= 0.6 is 0 Å². The number of likely N-dealkylation sites (N-methyl/N-ethyl adjacent to an activating group) is 1. The molecule has 2 unspecified atom stereocenters. The lowest BCUT2D eigenvalue weighted by Gasteiger charge is -2.13. The summed E-state index contributed by atoms with van der Waals surface area (Å²) in [6.07, 6.45) is 4.22. The predicted octanol–water partition coefficient (Wildman–Crippen LogP) is 2.22. The predicted molar refractivity (Wildman–Crippen MR) is 114 cm³/mol. The number of anilines is 1. The molecule has 0 spiro atoms. The van der Waals surface area contributed by atoms with Gasteiger partial charge in [0.1, 0.15) is 5.69 Å². The second-order valence-electron chi connectivity index (χ2n) is 7.41. The highest BCUT2D eigenvalue weighted by molar-refractivity contribution is 5.76. The Bertz CT molecular complexity index is 964. The fourth-order valence-electron chi connectivity index (χ4n) is 3.16. The Morgan fingerprint density at radius 1 is 1.45 bits per heavy atom. The number of aromatic nitrogens is 3. The van der Waals surface area contributed by atoms with E-state index >= 15 is 0 Å². The summed E-state index contributed by atoms with van der Waals surface area (Å²) in [5.74, 6) is 1.25. The minimum absolute atomic E-state index is 0.228. The monoisotopic (exact) mass is 396 g/mol. The van der Waals surface area contributed by atoms with Crippen LogP contribution in [-0.4, -0.2) is 41.2 Å². The molecule has 2 aromatic rings. The van der Waals surface area contributed by atoms with Gasteiger partial charge < -0.3 is 20.8 Å². The summed E-state index contributed by atoms with van der Waals surface area (Å²) in [6.45, 7) is 4.82. The summed E-state index contributed by atoms with van der Waals surface area (Å²) >= 11 is 0. The Morgan fingerprint density at radius 2 is 2.24 bits per heavy atom. The van der Waals surface area contributed by atoms with Gasteiger partial charge in [0.15, 0.2) is 0 Å². The van der Waals surface area contributed by atoms with E-state index in [1.807, 2.05) is 20.0 Å². The lowest BCUT2D eigenvalue weighted by molar-refractivity contribution is 0.278. The van der Waals surface area contributed by atoms with Gasteiger partial charge >= 0.3 is 0 Å². The normalized spacial score (nSPS) is 18.6. The van der Waals surface area contributed by atoms with Crippen LogP contribution in [-0.2, 0) is 7.05 Å². The van der Waals surface area contributed by atoms with Crippen molar-refractivity contribution in [3.63, 3.8) is 0 Å². The van der Waals surface area contributed by atoms with Crippen molar-refractivity contribution in [2.75, 3.05) is 25.5 Å². The smallest absolute Gasteiger partial charge is 0.290 e. The molecule has 0 amide bonds. The van der Waals surface area contributed by atoms with Crippen LogP contribution in [0.3, 0.4) is 0 Å². The summed E-state index contributed by atoms with van der Waals surface area (Å²) in [6, 6.07) is 5.80. The van der Waals surface area contributed by atoms with E-state index in [-0.39, 0.29) is 5.56 Å². The number of nitrogens with one attached hydrogen (secondary N) is 3.